The predicted molar refractivity (Wildman–Crippen MR) is 56.0 cm³/mol. The molecule has 0 saturated heterocycles. The largest absolute Gasteiger partial charge is 0.504 e. The average Bonchev–Trinajstić information content (AvgIpc) is 2.22. The van der Waals surface area contributed by atoms with Gasteiger partial charge in [0.15, 0.2) is 17.3 Å². The third-order valence-electron chi connectivity index (χ3n) is 1.96. The maximum Gasteiger partial charge on any atom is 0.201 e. The van der Waals surface area contributed by atoms with Crippen LogP contribution in [0.2, 0.25) is 0 Å². The standard InChI is InChI=1S/C10H11ClO4/c1-15-8-3-2-6(7(12)4-5-11)9(13)10(8)14/h2-3,13-14H,4-5H2,1H3. The number of ether oxygens (including phenoxy) is 1. The molecule has 5 heteroatoms. The minimum absolute atomic E-state index is 0.0500. The fraction of sp³-hybridized carbons (Fsp3) is 0.300. The fourth-order valence-corrected chi connectivity index (χ4v) is 1.34. The van der Waals surface area contributed by atoms with Gasteiger partial charge in [-0.15, -0.1) is 11.6 Å². The second-order valence-corrected chi connectivity index (χ2v) is 3.25. The Hall–Kier alpha value is -1.42. The Morgan fingerprint density at radius 2 is 2.07 bits per heavy atom. The van der Waals surface area contributed by atoms with Crippen LogP contribution in [0, 0.1) is 0 Å². The van der Waals surface area contributed by atoms with Gasteiger partial charge in [0.2, 0.25) is 5.75 Å². The number of Topliss-reactive ketones (excluding diaryl/α,β-unsaturated/α-hetero) is 1. The van der Waals surface area contributed by atoms with E-state index < -0.39 is 11.5 Å². The highest BCUT2D eigenvalue weighted by atomic mass is 35.5. The summed E-state index contributed by atoms with van der Waals surface area (Å²) in [6.07, 6.45) is 0.112. The van der Waals surface area contributed by atoms with Gasteiger partial charge in [-0.2, -0.15) is 0 Å². The summed E-state index contributed by atoms with van der Waals surface area (Å²) < 4.78 is 4.77. The normalized spacial score (nSPS) is 10.0. The zero-order valence-corrected chi connectivity index (χ0v) is 8.91. The first kappa shape index (κ1) is 11.7. The van der Waals surface area contributed by atoms with Gasteiger partial charge in [0.1, 0.15) is 0 Å². The van der Waals surface area contributed by atoms with Crippen LogP contribution < -0.4 is 4.74 Å². The van der Waals surface area contributed by atoms with E-state index in [2.05, 4.69) is 0 Å². The maximum atomic E-state index is 11.4. The Balaban J connectivity index is 3.11. The van der Waals surface area contributed by atoms with E-state index in [4.69, 9.17) is 16.3 Å². The molecule has 0 aromatic heterocycles. The molecule has 0 bridgehead atoms. The van der Waals surface area contributed by atoms with Crippen molar-refractivity contribution in [3.63, 3.8) is 0 Å². The Bertz CT molecular complexity index is 376. The molecular formula is C10H11ClO4. The first-order chi connectivity index (χ1) is 7.11. The van der Waals surface area contributed by atoms with Crippen molar-refractivity contribution < 1.29 is 19.7 Å². The molecule has 0 aliphatic heterocycles. The van der Waals surface area contributed by atoms with Crippen molar-refractivity contribution >= 4 is 17.4 Å². The molecule has 0 aliphatic carbocycles. The van der Waals surface area contributed by atoms with Crippen LogP contribution in [0.1, 0.15) is 16.8 Å². The summed E-state index contributed by atoms with van der Waals surface area (Å²) in [6, 6.07) is 2.80. The van der Waals surface area contributed by atoms with Gasteiger partial charge in [-0.05, 0) is 12.1 Å². The van der Waals surface area contributed by atoms with Gasteiger partial charge in [-0.1, -0.05) is 0 Å². The van der Waals surface area contributed by atoms with Crippen molar-refractivity contribution in [1.82, 2.24) is 0 Å². The molecule has 1 rings (SSSR count). The van der Waals surface area contributed by atoms with Gasteiger partial charge in [0.25, 0.3) is 0 Å². The molecule has 1 aromatic carbocycles. The Morgan fingerprint density at radius 1 is 1.40 bits per heavy atom. The molecule has 1 aromatic rings. The number of alkyl halides is 1. The number of hydrogen-bond acceptors (Lipinski definition) is 4. The van der Waals surface area contributed by atoms with Gasteiger partial charge in [0.05, 0.1) is 12.7 Å². The van der Waals surface area contributed by atoms with Crippen LogP contribution in [-0.4, -0.2) is 29.0 Å². The highest BCUT2D eigenvalue weighted by Crippen LogP contribution is 2.38. The van der Waals surface area contributed by atoms with Gasteiger partial charge in [-0.3, -0.25) is 4.79 Å². The van der Waals surface area contributed by atoms with Crippen molar-refractivity contribution in [1.29, 1.82) is 0 Å². The topological polar surface area (TPSA) is 66.8 Å². The molecule has 2 N–H and O–H groups in total. The highest BCUT2D eigenvalue weighted by molar-refractivity contribution is 6.19. The van der Waals surface area contributed by atoms with Crippen LogP contribution in [0.25, 0.3) is 0 Å². The second kappa shape index (κ2) is 4.89. The molecule has 0 atom stereocenters. The summed E-state index contributed by atoms with van der Waals surface area (Å²) in [7, 11) is 1.36. The molecule has 4 nitrogen and oxygen atoms in total. The van der Waals surface area contributed by atoms with E-state index in [9.17, 15) is 15.0 Å². The Kier molecular flexibility index (Phi) is 3.80. The molecule has 15 heavy (non-hydrogen) atoms. The summed E-state index contributed by atoms with van der Waals surface area (Å²) in [5.74, 6) is -0.928. The number of methoxy groups -OCH3 is 1. The number of ketones is 1. The molecule has 82 valence electrons. The molecule has 0 fully saturated rings. The first-order valence-electron chi connectivity index (χ1n) is 4.30. The third kappa shape index (κ3) is 2.33. The lowest BCUT2D eigenvalue weighted by molar-refractivity contribution is 0.0986. The number of aromatic hydroxyl groups is 2. The number of carbonyl (C=O) groups excluding carboxylic acids is 1. The second-order valence-electron chi connectivity index (χ2n) is 2.87. The number of phenols is 2. The lowest BCUT2D eigenvalue weighted by Gasteiger charge is -2.08. The molecule has 0 radical (unpaired) electrons. The van der Waals surface area contributed by atoms with Crippen LogP contribution in [0.3, 0.4) is 0 Å². The van der Waals surface area contributed by atoms with E-state index in [1.807, 2.05) is 0 Å². The molecule has 0 spiro atoms. The van der Waals surface area contributed by atoms with Gasteiger partial charge < -0.3 is 14.9 Å². The summed E-state index contributed by atoms with van der Waals surface area (Å²) in [6.45, 7) is 0. The zero-order chi connectivity index (χ0) is 11.4. The van der Waals surface area contributed by atoms with Crippen molar-refractivity contribution in [2.75, 3.05) is 13.0 Å². The SMILES string of the molecule is COc1ccc(C(=O)CCCl)c(O)c1O. The van der Waals surface area contributed by atoms with Gasteiger partial charge in [0, 0.05) is 12.3 Å². The highest BCUT2D eigenvalue weighted by Gasteiger charge is 2.16. The van der Waals surface area contributed by atoms with Crippen LogP contribution in [0.4, 0.5) is 0 Å². The van der Waals surface area contributed by atoms with Crippen LogP contribution in [0.15, 0.2) is 12.1 Å². The van der Waals surface area contributed by atoms with E-state index in [0.717, 1.165) is 0 Å². The first-order valence-corrected chi connectivity index (χ1v) is 4.83. The van der Waals surface area contributed by atoms with Crippen molar-refractivity contribution in [2.24, 2.45) is 0 Å². The van der Waals surface area contributed by atoms with Gasteiger partial charge in [-0.25, -0.2) is 0 Å². The van der Waals surface area contributed by atoms with Crippen LogP contribution >= 0.6 is 11.6 Å². The fourth-order valence-electron chi connectivity index (χ4n) is 1.17. The smallest absolute Gasteiger partial charge is 0.201 e. The summed E-state index contributed by atoms with van der Waals surface area (Å²) in [5.41, 5.74) is 0.0500. The molecule has 0 unspecified atom stereocenters. The number of carbonyl (C=O) groups is 1. The lowest BCUT2D eigenvalue weighted by atomic mass is 10.1. The van der Waals surface area contributed by atoms with E-state index in [1.54, 1.807) is 0 Å². The molecule has 0 amide bonds. The van der Waals surface area contributed by atoms with Crippen LogP contribution in [-0.2, 0) is 0 Å². The van der Waals surface area contributed by atoms with E-state index in [0.29, 0.717) is 0 Å². The van der Waals surface area contributed by atoms with Gasteiger partial charge >= 0.3 is 0 Å². The zero-order valence-electron chi connectivity index (χ0n) is 8.16. The Morgan fingerprint density at radius 3 is 2.60 bits per heavy atom. The third-order valence-corrected chi connectivity index (χ3v) is 2.15. The summed E-state index contributed by atoms with van der Waals surface area (Å²) in [4.78, 5) is 11.4. The number of halogens is 1. The lowest BCUT2D eigenvalue weighted by Crippen LogP contribution is -2.00. The monoisotopic (exact) mass is 230 g/mol. The molecule has 0 aliphatic rings. The minimum atomic E-state index is -0.468. The summed E-state index contributed by atoms with van der Waals surface area (Å²) in [5, 5.41) is 18.9. The molecular weight excluding hydrogens is 220 g/mol. The van der Waals surface area contributed by atoms with Crippen molar-refractivity contribution in [3.8, 4) is 17.2 Å². The number of benzene rings is 1. The number of rotatable bonds is 4. The summed E-state index contributed by atoms with van der Waals surface area (Å²) >= 11 is 5.41. The Labute approximate surface area is 92.1 Å². The predicted octanol–water partition coefficient (Wildman–Crippen LogP) is 1.92. The maximum absolute atomic E-state index is 11.4. The average molecular weight is 231 g/mol. The van der Waals surface area contributed by atoms with E-state index in [1.165, 1.54) is 19.2 Å². The molecule has 0 heterocycles. The molecule has 0 saturated carbocycles. The van der Waals surface area contributed by atoms with E-state index in [-0.39, 0.29) is 29.4 Å². The van der Waals surface area contributed by atoms with E-state index >= 15 is 0 Å². The number of phenolic OH excluding ortho intramolecular Hbond substituents is 2. The minimum Gasteiger partial charge on any atom is -0.504 e. The van der Waals surface area contributed by atoms with Crippen LogP contribution in [0.5, 0.6) is 17.2 Å². The quantitative estimate of drug-likeness (QED) is 0.471. The number of hydrogen-bond donors (Lipinski definition) is 2. The van der Waals surface area contributed by atoms with Crippen molar-refractivity contribution in [2.45, 2.75) is 6.42 Å². The van der Waals surface area contributed by atoms with Crippen molar-refractivity contribution in [3.05, 3.63) is 17.7 Å².